The van der Waals surface area contributed by atoms with Crippen molar-refractivity contribution in [3.05, 3.63) is 30.5 Å². The molecule has 106 valence electrons. The maximum atomic E-state index is 5.82. The molecule has 0 aliphatic carbocycles. The lowest BCUT2D eigenvalue weighted by Crippen LogP contribution is -2.40. The van der Waals surface area contributed by atoms with Gasteiger partial charge in [-0.1, -0.05) is 0 Å². The van der Waals surface area contributed by atoms with E-state index in [1.165, 1.54) is 0 Å². The van der Waals surface area contributed by atoms with Crippen LogP contribution in [-0.4, -0.2) is 23.2 Å². The Morgan fingerprint density at radius 3 is 3.00 bits per heavy atom. The van der Waals surface area contributed by atoms with Gasteiger partial charge in [-0.05, 0) is 51.0 Å². The number of fused-ring (bicyclic) bond motifs is 1. The molecule has 1 unspecified atom stereocenters. The van der Waals surface area contributed by atoms with E-state index in [0.717, 1.165) is 41.7 Å². The molecule has 0 saturated carbocycles. The topological polar surface area (TPSA) is 60.2 Å². The first-order chi connectivity index (χ1) is 9.53. The Hall–Kier alpha value is -1.81. The number of anilines is 2. The van der Waals surface area contributed by atoms with Crippen molar-refractivity contribution < 1.29 is 4.74 Å². The Labute approximate surface area is 119 Å². The third kappa shape index (κ3) is 2.70. The average Bonchev–Trinajstić information content (AvgIpc) is 2.37. The highest BCUT2D eigenvalue weighted by Gasteiger charge is 2.28. The molecule has 2 aromatic rings. The summed E-state index contributed by atoms with van der Waals surface area (Å²) < 4.78 is 5.77. The van der Waals surface area contributed by atoms with Gasteiger partial charge in [-0.3, -0.25) is 4.98 Å². The molecular weight excluding hydrogens is 250 g/mol. The average molecular weight is 271 g/mol. The quantitative estimate of drug-likeness (QED) is 0.824. The van der Waals surface area contributed by atoms with Gasteiger partial charge >= 0.3 is 0 Å². The van der Waals surface area contributed by atoms with Gasteiger partial charge in [0.15, 0.2) is 0 Å². The number of nitrogens with zero attached hydrogens (tertiary/aromatic N) is 1. The Morgan fingerprint density at radius 1 is 1.35 bits per heavy atom. The molecule has 3 rings (SSSR count). The van der Waals surface area contributed by atoms with E-state index < -0.39 is 0 Å². The molecule has 3 N–H and O–H groups in total. The summed E-state index contributed by atoms with van der Waals surface area (Å²) in [7, 11) is 0. The molecule has 1 fully saturated rings. The highest BCUT2D eigenvalue weighted by Crippen LogP contribution is 2.29. The van der Waals surface area contributed by atoms with E-state index >= 15 is 0 Å². The van der Waals surface area contributed by atoms with Crippen molar-refractivity contribution >= 4 is 22.3 Å². The smallest absolute Gasteiger partial charge is 0.0743 e. The van der Waals surface area contributed by atoms with E-state index in [1.807, 2.05) is 30.5 Å². The molecule has 0 radical (unpaired) electrons. The lowest BCUT2D eigenvalue weighted by molar-refractivity contribution is -0.0553. The Bertz CT molecular complexity index is 624. The molecule has 20 heavy (non-hydrogen) atoms. The second-order valence-electron chi connectivity index (χ2n) is 6.08. The molecule has 0 amide bonds. The van der Waals surface area contributed by atoms with Gasteiger partial charge in [0, 0.05) is 35.6 Å². The van der Waals surface area contributed by atoms with E-state index in [2.05, 4.69) is 24.1 Å². The zero-order valence-electron chi connectivity index (χ0n) is 12.0. The fourth-order valence-corrected chi connectivity index (χ4v) is 2.87. The van der Waals surface area contributed by atoms with E-state index in [1.54, 1.807) is 0 Å². The summed E-state index contributed by atoms with van der Waals surface area (Å²) >= 11 is 0. The third-order valence-corrected chi connectivity index (χ3v) is 3.82. The van der Waals surface area contributed by atoms with Gasteiger partial charge in [-0.25, -0.2) is 0 Å². The molecule has 1 aliphatic rings. The molecule has 1 saturated heterocycles. The van der Waals surface area contributed by atoms with E-state index in [0.29, 0.717) is 6.04 Å². The second-order valence-corrected chi connectivity index (χ2v) is 6.08. The van der Waals surface area contributed by atoms with Crippen molar-refractivity contribution in [2.24, 2.45) is 0 Å². The molecule has 1 atom stereocenters. The van der Waals surface area contributed by atoms with Crippen molar-refractivity contribution in [1.82, 2.24) is 4.98 Å². The molecule has 1 aromatic heterocycles. The normalized spacial score (nSPS) is 21.8. The first-order valence-corrected chi connectivity index (χ1v) is 7.08. The van der Waals surface area contributed by atoms with Crippen LogP contribution < -0.4 is 11.1 Å². The van der Waals surface area contributed by atoms with Crippen LogP contribution in [0.25, 0.3) is 10.9 Å². The van der Waals surface area contributed by atoms with Crippen molar-refractivity contribution in [3.8, 4) is 0 Å². The number of rotatable bonds is 2. The van der Waals surface area contributed by atoms with Crippen LogP contribution in [0.15, 0.2) is 30.5 Å². The van der Waals surface area contributed by atoms with Gasteiger partial charge in [0.1, 0.15) is 0 Å². The van der Waals surface area contributed by atoms with Gasteiger partial charge in [0.05, 0.1) is 11.1 Å². The standard InChI is InChI=1S/C16H21N3O/c1-16(2)10-12(6-8-20-16)19-14-5-7-18-15-9-11(17)3-4-13(14)15/h3-5,7,9,12H,6,8,10,17H2,1-2H3,(H,18,19). The van der Waals surface area contributed by atoms with E-state index in [-0.39, 0.29) is 5.60 Å². The minimum absolute atomic E-state index is 0.0524. The fourth-order valence-electron chi connectivity index (χ4n) is 2.87. The summed E-state index contributed by atoms with van der Waals surface area (Å²) in [4.78, 5) is 4.38. The molecule has 0 bridgehead atoms. The number of benzene rings is 1. The summed E-state index contributed by atoms with van der Waals surface area (Å²) in [6.45, 7) is 5.10. The maximum absolute atomic E-state index is 5.82. The minimum Gasteiger partial charge on any atom is -0.399 e. The monoisotopic (exact) mass is 271 g/mol. The molecule has 2 heterocycles. The Balaban J connectivity index is 1.87. The highest BCUT2D eigenvalue weighted by atomic mass is 16.5. The molecule has 4 heteroatoms. The third-order valence-electron chi connectivity index (χ3n) is 3.82. The number of aromatic nitrogens is 1. The van der Waals surface area contributed by atoms with Gasteiger partial charge in [-0.2, -0.15) is 0 Å². The van der Waals surface area contributed by atoms with Crippen LogP contribution in [0.2, 0.25) is 0 Å². The van der Waals surface area contributed by atoms with Gasteiger partial charge in [0.2, 0.25) is 0 Å². The lowest BCUT2D eigenvalue weighted by Gasteiger charge is -2.36. The van der Waals surface area contributed by atoms with Crippen LogP contribution in [0.4, 0.5) is 11.4 Å². The zero-order chi connectivity index (χ0) is 14.2. The Morgan fingerprint density at radius 2 is 2.20 bits per heavy atom. The summed E-state index contributed by atoms with van der Waals surface area (Å²) in [5.74, 6) is 0. The first-order valence-electron chi connectivity index (χ1n) is 7.08. The van der Waals surface area contributed by atoms with Crippen LogP contribution in [0, 0.1) is 0 Å². The molecular formula is C16H21N3O. The van der Waals surface area contributed by atoms with E-state index in [9.17, 15) is 0 Å². The van der Waals surface area contributed by atoms with Gasteiger partial charge in [-0.15, -0.1) is 0 Å². The van der Waals surface area contributed by atoms with Crippen LogP contribution in [-0.2, 0) is 4.74 Å². The van der Waals surface area contributed by atoms with Crippen LogP contribution in [0.1, 0.15) is 26.7 Å². The second kappa shape index (κ2) is 4.94. The van der Waals surface area contributed by atoms with Crippen LogP contribution in [0.3, 0.4) is 0 Å². The number of nitrogens with two attached hydrogens (primary N) is 1. The Kier molecular flexibility index (Phi) is 3.26. The number of ether oxygens (including phenoxy) is 1. The number of nitrogens with one attached hydrogen (secondary N) is 1. The van der Waals surface area contributed by atoms with Crippen molar-refractivity contribution in [2.75, 3.05) is 17.7 Å². The molecule has 4 nitrogen and oxygen atoms in total. The first kappa shape index (κ1) is 13.2. The van der Waals surface area contributed by atoms with Gasteiger partial charge < -0.3 is 15.8 Å². The number of hydrogen-bond donors (Lipinski definition) is 2. The van der Waals surface area contributed by atoms with Gasteiger partial charge in [0.25, 0.3) is 0 Å². The largest absolute Gasteiger partial charge is 0.399 e. The molecule has 1 aliphatic heterocycles. The summed E-state index contributed by atoms with van der Waals surface area (Å²) in [5.41, 5.74) is 8.56. The minimum atomic E-state index is -0.0524. The zero-order valence-corrected chi connectivity index (χ0v) is 12.0. The summed E-state index contributed by atoms with van der Waals surface area (Å²) in [6, 6.07) is 8.32. The molecule has 1 aromatic carbocycles. The van der Waals surface area contributed by atoms with E-state index in [4.69, 9.17) is 10.5 Å². The summed E-state index contributed by atoms with van der Waals surface area (Å²) in [6.07, 6.45) is 3.86. The summed E-state index contributed by atoms with van der Waals surface area (Å²) in [5, 5.41) is 4.75. The number of hydrogen-bond acceptors (Lipinski definition) is 4. The maximum Gasteiger partial charge on any atom is 0.0743 e. The van der Waals surface area contributed by atoms with Crippen LogP contribution >= 0.6 is 0 Å². The predicted molar refractivity (Wildman–Crippen MR) is 82.8 cm³/mol. The lowest BCUT2D eigenvalue weighted by atomic mass is 9.93. The van der Waals surface area contributed by atoms with Crippen LogP contribution in [0.5, 0.6) is 0 Å². The van der Waals surface area contributed by atoms with Crippen molar-refractivity contribution in [3.63, 3.8) is 0 Å². The fraction of sp³-hybridized carbons (Fsp3) is 0.438. The highest BCUT2D eigenvalue weighted by molar-refractivity contribution is 5.92. The molecule has 0 spiro atoms. The van der Waals surface area contributed by atoms with Crippen molar-refractivity contribution in [1.29, 1.82) is 0 Å². The SMILES string of the molecule is CC1(C)CC(Nc2ccnc3cc(N)ccc23)CCO1. The number of pyridine rings is 1. The number of nitrogen functional groups attached to an aromatic ring is 1. The van der Waals surface area contributed by atoms with Crippen molar-refractivity contribution in [2.45, 2.75) is 38.3 Å². The predicted octanol–water partition coefficient (Wildman–Crippen LogP) is 3.19.